The van der Waals surface area contributed by atoms with Gasteiger partial charge in [-0.05, 0) is 65.5 Å². The van der Waals surface area contributed by atoms with Gasteiger partial charge in [0.2, 0.25) is 0 Å². The molecule has 2 N–H and O–H groups in total. The normalized spacial score (nSPS) is 44.9. The van der Waals surface area contributed by atoms with Gasteiger partial charge < -0.3 is 5.73 Å². The van der Waals surface area contributed by atoms with Crippen LogP contribution in [0.5, 0.6) is 0 Å². The third kappa shape index (κ3) is 0.881. The van der Waals surface area contributed by atoms with Gasteiger partial charge in [0.25, 0.3) is 0 Å². The van der Waals surface area contributed by atoms with Gasteiger partial charge in [-0.15, -0.1) is 0 Å². The molecule has 3 fully saturated rings. The zero-order chi connectivity index (χ0) is 12.0. The standard InChI is InChI=1S/C16H17NO/c17-6-12(18)7-1-2-10-11(5-7)13-8-3-4-9(8)14-15(10)16(13)14/h1-2,5,8-9,13-16H,3-4,6,17H2. The Morgan fingerprint density at radius 2 is 1.94 bits per heavy atom. The van der Waals surface area contributed by atoms with Gasteiger partial charge in [0.15, 0.2) is 5.78 Å². The van der Waals surface area contributed by atoms with Crippen LogP contribution in [0.2, 0.25) is 0 Å². The Bertz CT molecular complexity index is 578. The van der Waals surface area contributed by atoms with Gasteiger partial charge in [-0.25, -0.2) is 0 Å². The minimum absolute atomic E-state index is 0.0816. The van der Waals surface area contributed by atoms with Crippen molar-refractivity contribution in [3.05, 3.63) is 34.9 Å². The van der Waals surface area contributed by atoms with Crippen molar-refractivity contribution in [3.8, 4) is 0 Å². The van der Waals surface area contributed by atoms with Crippen molar-refractivity contribution in [3.63, 3.8) is 0 Å². The summed E-state index contributed by atoms with van der Waals surface area (Å²) in [6, 6.07) is 6.38. The van der Waals surface area contributed by atoms with Gasteiger partial charge >= 0.3 is 0 Å². The molecule has 2 nitrogen and oxygen atoms in total. The van der Waals surface area contributed by atoms with Crippen molar-refractivity contribution in [2.75, 3.05) is 6.54 Å². The second-order valence-electron chi connectivity index (χ2n) is 6.58. The van der Waals surface area contributed by atoms with E-state index in [1.165, 1.54) is 18.4 Å². The molecule has 0 aromatic heterocycles. The van der Waals surface area contributed by atoms with Crippen LogP contribution >= 0.6 is 0 Å². The molecule has 1 aromatic rings. The first-order chi connectivity index (χ1) is 8.81. The third-order valence-electron chi connectivity index (χ3n) is 6.20. The van der Waals surface area contributed by atoms with Crippen molar-refractivity contribution in [1.82, 2.24) is 0 Å². The molecule has 0 radical (unpaired) electrons. The highest BCUT2D eigenvalue weighted by molar-refractivity contribution is 5.97. The molecule has 1 aromatic carbocycles. The lowest BCUT2D eigenvalue weighted by Gasteiger charge is -2.36. The smallest absolute Gasteiger partial charge is 0.176 e. The van der Waals surface area contributed by atoms with Crippen LogP contribution in [0, 0.1) is 23.7 Å². The van der Waals surface area contributed by atoms with Crippen LogP contribution in [-0.4, -0.2) is 12.3 Å². The summed E-state index contributed by atoms with van der Waals surface area (Å²) >= 11 is 0. The molecular formula is C16H17NO. The molecule has 0 spiro atoms. The summed E-state index contributed by atoms with van der Waals surface area (Å²) in [5, 5.41) is 0. The molecule has 2 heteroatoms. The number of rotatable bonds is 2. The molecule has 5 rings (SSSR count). The van der Waals surface area contributed by atoms with E-state index in [1.807, 2.05) is 6.07 Å². The number of hydrogen-bond acceptors (Lipinski definition) is 2. The maximum Gasteiger partial charge on any atom is 0.176 e. The minimum atomic E-state index is 0.0816. The Labute approximate surface area is 107 Å². The fourth-order valence-corrected chi connectivity index (χ4v) is 5.45. The molecule has 6 unspecified atom stereocenters. The van der Waals surface area contributed by atoms with Crippen molar-refractivity contribution in [1.29, 1.82) is 0 Å². The summed E-state index contributed by atoms with van der Waals surface area (Å²) in [5.74, 6) is 5.65. The monoisotopic (exact) mass is 239 g/mol. The average molecular weight is 239 g/mol. The van der Waals surface area contributed by atoms with Crippen molar-refractivity contribution in [2.45, 2.75) is 24.7 Å². The fraction of sp³-hybridized carbons (Fsp3) is 0.562. The van der Waals surface area contributed by atoms with E-state index in [1.54, 1.807) is 5.56 Å². The molecule has 4 aliphatic rings. The van der Waals surface area contributed by atoms with Gasteiger partial charge in [0, 0.05) is 5.56 Å². The van der Waals surface area contributed by atoms with E-state index in [2.05, 4.69) is 12.1 Å². The highest BCUT2D eigenvalue weighted by atomic mass is 16.1. The summed E-state index contributed by atoms with van der Waals surface area (Å²) in [6.45, 7) is 0.130. The van der Waals surface area contributed by atoms with Crippen LogP contribution in [0.3, 0.4) is 0 Å². The number of benzene rings is 1. The molecule has 0 bridgehead atoms. The van der Waals surface area contributed by atoms with E-state index in [-0.39, 0.29) is 12.3 Å². The van der Waals surface area contributed by atoms with Crippen LogP contribution in [0.4, 0.5) is 0 Å². The predicted octanol–water partition coefficient (Wildman–Crippen LogP) is 2.29. The number of nitrogens with two attached hydrogens (primary N) is 1. The predicted molar refractivity (Wildman–Crippen MR) is 68.5 cm³/mol. The lowest BCUT2D eigenvalue weighted by atomic mass is 9.69. The third-order valence-corrected chi connectivity index (χ3v) is 6.20. The van der Waals surface area contributed by atoms with Crippen molar-refractivity contribution >= 4 is 5.78 Å². The molecule has 6 atom stereocenters. The van der Waals surface area contributed by atoms with Crippen LogP contribution in [0.1, 0.15) is 46.2 Å². The summed E-state index contributed by atoms with van der Waals surface area (Å²) < 4.78 is 0. The Morgan fingerprint density at radius 1 is 1.11 bits per heavy atom. The van der Waals surface area contributed by atoms with Crippen molar-refractivity contribution < 1.29 is 4.79 Å². The van der Waals surface area contributed by atoms with E-state index < -0.39 is 0 Å². The van der Waals surface area contributed by atoms with Crippen molar-refractivity contribution in [2.24, 2.45) is 29.4 Å². The second kappa shape index (κ2) is 2.88. The largest absolute Gasteiger partial charge is 0.324 e. The number of hydrogen-bond donors (Lipinski definition) is 1. The molecule has 0 heterocycles. The minimum Gasteiger partial charge on any atom is -0.324 e. The zero-order valence-corrected chi connectivity index (χ0v) is 10.3. The summed E-state index contributed by atoms with van der Waals surface area (Å²) in [7, 11) is 0. The molecule has 3 saturated carbocycles. The molecule has 18 heavy (non-hydrogen) atoms. The Morgan fingerprint density at radius 3 is 2.67 bits per heavy atom. The van der Waals surface area contributed by atoms with Crippen LogP contribution in [0.25, 0.3) is 0 Å². The van der Waals surface area contributed by atoms with Crippen LogP contribution in [0.15, 0.2) is 18.2 Å². The Hall–Kier alpha value is -1.15. The SMILES string of the molecule is NCC(=O)c1ccc2c(c1)C1C3CCC3C3C2C13. The van der Waals surface area contributed by atoms with Crippen LogP contribution < -0.4 is 5.73 Å². The highest BCUT2D eigenvalue weighted by Crippen LogP contribution is 2.81. The van der Waals surface area contributed by atoms with Gasteiger partial charge in [-0.3, -0.25) is 4.79 Å². The summed E-state index contributed by atoms with van der Waals surface area (Å²) in [5.41, 5.74) is 9.38. The fourth-order valence-electron chi connectivity index (χ4n) is 5.45. The van der Waals surface area contributed by atoms with E-state index in [4.69, 9.17) is 5.73 Å². The molecule has 92 valence electrons. The topological polar surface area (TPSA) is 43.1 Å². The average Bonchev–Trinajstić information content (AvgIpc) is 2.91. The Kier molecular flexibility index (Phi) is 1.56. The number of fused-ring (bicyclic) bond motifs is 7. The van der Waals surface area contributed by atoms with E-state index in [0.717, 1.165) is 41.1 Å². The van der Waals surface area contributed by atoms with E-state index in [0.29, 0.717) is 0 Å². The molecule has 4 aliphatic carbocycles. The summed E-state index contributed by atoms with van der Waals surface area (Å²) in [6.07, 6.45) is 2.88. The lowest BCUT2D eigenvalue weighted by Crippen LogP contribution is -2.26. The second-order valence-corrected chi connectivity index (χ2v) is 6.58. The number of Topliss-reactive ketones (excluding diaryl/α,β-unsaturated/α-hetero) is 1. The van der Waals surface area contributed by atoms with Gasteiger partial charge in [-0.1, -0.05) is 12.1 Å². The van der Waals surface area contributed by atoms with Gasteiger partial charge in [0.1, 0.15) is 0 Å². The number of carbonyl (C=O) groups excluding carboxylic acids is 1. The quantitative estimate of drug-likeness (QED) is 0.805. The lowest BCUT2D eigenvalue weighted by molar-refractivity contribution is 0.100. The first-order valence-corrected chi connectivity index (χ1v) is 7.18. The van der Waals surface area contributed by atoms with Gasteiger partial charge in [0.05, 0.1) is 6.54 Å². The number of carbonyl (C=O) groups is 1. The van der Waals surface area contributed by atoms with Crippen LogP contribution in [-0.2, 0) is 0 Å². The first kappa shape index (κ1) is 9.74. The van der Waals surface area contributed by atoms with E-state index in [9.17, 15) is 4.79 Å². The molecule has 0 aliphatic heterocycles. The zero-order valence-electron chi connectivity index (χ0n) is 10.3. The van der Waals surface area contributed by atoms with Gasteiger partial charge in [-0.2, -0.15) is 0 Å². The molecule has 0 amide bonds. The molecular weight excluding hydrogens is 222 g/mol. The highest BCUT2D eigenvalue weighted by Gasteiger charge is 2.73. The van der Waals surface area contributed by atoms with E-state index >= 15 is 0 Å². The molecule has 0 saturated heterocycles. The first-order valence-electron chi connectivity index (χ1n) is 7.18. The summed E-state index contributed by atoms with van der Waals surface area (Å²) in [4.78, 5) is 11.7. The maximum atomic E-state index is 11.7. The number of ketones is 1. The maximum absolute atomic E-state index is 11.7. The Balaban J connectivity index is 1.63.